The summed E-state index contributed by atoms with van der Waals surface area (Å²) in [6, 6.07) is 2.29. The Bertz CT molecular complexity index is 868. The standard InChI is InChI=1S/C19H27BIN3O2S2/c1-13-17(20-25-18(2,3)19(4,5)26-20)14-11-16(24(28-21)15(14)12-22-13)27-23-9-7-6-8-10-23/h11-12H,6-10H2,1-5H3. The average Bonchev–Trinajstić information content (AvgIpc) is 3.08. The molecule has 0 unspecified atom stereocenters. The smallest absolute Gasteiger partial charge is 0.399 e. The van der Waals surface area contributed by atoms with Crippen molar-refractivity contribution in [2.75, 3.05) is 13.1 Å². The van der Waals surface area contributed by atoms with E-state index in [1.807, 2.05) is 25.1 Å². The first-order valence-electron chi connectivity index (χ1n) is 9.82. The van der Waals surface area contributed by atoms with Crippen molar-refractivity contribution in [3.8, 4) is 0 Å². The molecule has 152 valence electrons. The van der Waals surface area contributed by atoms with Crippen molar-refractivity contribution in [2.45, 2.75) is 70.1 Å². The van der Waals surface area contributed by atoms with Crippen LogP contribution in [0.1, 0.15) is 52.7 Å². The van der Waals surface area contributed by atoms with Crippen LogP contribution in [0.5, 0.6) is 0 Å². The van der Waals surface area contributed by atoms with Crippen LogP contribution in [0.4, 0.5) is 0 Å². The maximum atomic E-state index is 6.37. The number of aryl methyl sites for hydroxylation is 1. The molecule has 28 heavy (non-hydrogen) atoms. The van der Waals surface area contributed by atoms with E-state index in [4.69, 9.17) is 14.3 Å². The lowest BCUT2D eigenvalue weighted by molar-refractivity contribution is 0.00578. The van der Waals surface area contributed by atoms with Gasteiger partial charge in [-0.3, -0.25) is 8.96 Å². The Morgan fingerprint density at radius 2 is 1.75 bits per heavy atom. The summed E-state index contributed by atoms with van der Waals surface area (Å²) >= 11 is 4.21. The van der Waals surface area contributed by atoms with E-state index in [0.29, 0.717) is 0 Å². The maximum absolute atomic E-state index is 6.37. The highest BCUT2D eigenvalue weighted by molar-refractivity contribution is 14.2. The number of halogens is 1. The van der Waals surface area contributed by atoms with E-state index < -0.39 is 7.12 Å². The number of hydrogen-bond acceptors (Lipinski definition) is 6. The van der Waals surface area contributed by atoms with E-state index in [1.54, 1.807) is 9.12 Å². The number of fused-ring (bicyclic) bond motifs is 1. The third kappa shape index (κ3) is 3.75. The first-order chi connectivity index (χ1) is 13.2. The van der Waals surface area contributed by atoms with Crippen LogP contribution in [0.25, 0.3) is 10.9 Å². The van der Waals surface area contributed by atoms with Crippen LogP contribution in [-0.4, -0.2) is 44.7 Å². The molecule has 9 heteroatoms. The molecule has 2 aliphatic rings. The van der Waals surface area contributed by atoms with E-state index in [9.17, 15) is 0 Å². The molecule has 0 N–H and O–H groups in total. The van der Waals surface area contributed by atoms with Gasteiger partial charge in [0.2, 0.25) is 0 Å². The van der Waals surface area contributed by atoms with Crippen LogP contribution in [0.15, 0.2) is 17.3 Å². The Morgan fingerprint density at radius 1 is 1.11 bits per heavy atom. The first-order valence-corrected chi connectivity index (χ1v) is 13.9. The van der Waals surface area contributed by atoms with Crippen LogP contribution in [0.3, 0.4) is 0 Å². The van der Waals surface area contributed by atoms with Crippen molar-refractivity contribution in [3.63, 3.8) is 0 Å². The number of nitrogens with zero attached hydrogens (tertiary/aromatic N) is 3. The molecule has 2 saturated heterocycles. The van der Waals surface area contributed by atoms with E-state index in [-0.39, 0.29) is 11.2 Å². The second kappa shape index (κ2) is 7.96. The average molecular weight is 531 g/mol. The van der Waals surface area contributed by atoms with Gasteiger partial charge in [0, 0.05) is 60.0 Å². The fraction of sp³-hybridized carbons (Fsp3) is 0.632. The minimum atomic E-state index is -0.399. The van der Waals surface area contributed by atoms with Crippen molar-refractivity contribution in [2.24, 2.45) is 0 Å². The van der Waals surface area contributed by atoms with Gasteiger partial charge >= 0.3 is 7.12 Å². The maximum Gasteiger partial charge on any atom is 0.497 e. The highest BCUT2D eigenvalue weighted by atomic mass is 127. The van der Waals surface area contributed by atoms with Crippen LogP contribution in [-0.2, 0) is 9.31 Å². The summed E-state index contributed by atoms with van der Waals surface area (Å²) in [4.78, 5) is 4.70. The molecule has 0 atom stereocenters. The molecule has 0 aliphatic carbocycles. The molecule has 0 aromatic carbocycles. The summed E-state index contributed by atoms with van der Waals surface area (Å²) in [5.74, 6) is 0. The summed E-state index contributed by atoms with van der Waals surface area (Å²) < 4.78 is 17.5. The topological polar surface area (TPSA) is 39.5 Å². The number of pyridine rings is 1. The minimum absolute atomic E-state index is 0.363. The first kappa shape index (κ1) is 21.3. The molecule has 0 radical (unpaired) electrons. The van der Waals surface area contributed by atoms with E-state index in [2.05, 4.69) is 63.2 Å². The van der Waals surface area contributed by atoms with E-state index in [0.717, 1.165) is 29.8 Å². The van der Waals surface area contributed by atoms with Gasteiger partial charge in [-0.15, -0.1) is 0 Å². The van der Waals surface area contributed by atoms with Crippen LogP contribution >= 0.6 is 42.3 Å². The number of hydrogen-bond donors (Lipinski definition) is 0. The zero-order valence-electron chi connectivity index (χ0n) is 17.1. The van der Waals surface area contributed by atoms with Crippen molar-refractivity contribution < 1.29 is 9.31 Å². The summed E-state index contributed by atoms with van der Waals surface area (Å²) in [5.41, 5.74) is 2.42. The molecule has 2 aromatic heterocycles. The van der Waals surface area contributed by atoms with E-state index >= 15 is 0 Å². The Kier molecular flexibility index (Phi) is 6.06. The minimum Gasteiger partial charge on any atom is -0.399 e. The molecular formula is C19H27BIN3O2S2. The Hall–Kier alpha value is 0.0649. The van der Waals surface area contributed by atoms with Gasteiger partial charge in [0.15, 0.2) is 0 Å². The van der Waals surface area contributed by atoms with Crippen LogP contribution < -0.4 is 5.46 Å². The zero-order valence-corrected chi connectivity index (χ0v) is 20.9. The van der Waals surface area contributed by atoms with Gasteiger partial charge < -0.3 is 9.31 Å². The van der Waals surface area contributed by atoms with Crippen molar-refractivity contribution in [1.29, 1.82) is 0 Å². The number of rotatable bonds is 4. The Balaban J connectivity index is 1.76. The fourth-order valence-electron chi connectivity index (χ4n) is 3.73. The highest BCUT2D eigenvalue weighted by Crippen LogP contribution is 2.39. The van der Waals surface area contributed by atoms with Gasteiger partial charge in [-0.05, 0) is 65.5 Å². The van der Waals surface area contributed by atoms with Crippen molar-refractivity contribution in [3.05, 3.63) is 18.0 Å². The Labute approximate surface area is 188 Å². The lowest BCUT2D eigenvalue weighted by Crippen LogP contribution is -2.41. The Morgan fingerprint density at radius 3 is 2.36 bits per heavy atom. The third-order valence-electron chi connectivity index (χ3n) is 6.12. The second-order valence-electron chi connectivity index (χ2n) is 8.57. The largest absolute Gasteiger partial charge is 0.497 e. The van der Waals surface area contributed by atoms with Crippen LogP contribution in [0, 0.1) is 6.92 Å². The van der Waals surface area contributed by atoms with Gasteiger partial charge in [0.25, 0.3) is 0 Å². The van der Waals surface area contributed by atoms with Gasteiger partial charge in [0.1, 0.15) is 5.03 Å². The zero-order chi connectivity index (χ0) is 20.1. The predicted octanol–water partition coefficient (Wildman–Crippen LogP) is 4.98. The molecule has 0 saturated carbocycles. The highest BCUT2D eigenvalue weighted by Gasteiger charge is 2.52. The molecule has 0 bridgehead atoms. The number of piperidine rings is 1. The molecule has 0 amide bonds. The lowest BCUT2D eigenvalue weighted by atomic mass is 9.76. The second-order valence-corrected chi connectivity index (χ2v) is 11.4. The molecule has 4 rings (SSSR count). The summed E-state index contributed by atoms with van der Waals surface area (Å²) in [7, 11) is 1.30. The fourth-order valence-corrected chi connectivity index (χ4v) is 7.00. The molecule has 4 heterocycles. The normalized spacial score (nSPS) is 22.3. The van der Waals surface area contributed by atoms with Gasteiger partial charge in [-0.25, -0.2) is 4.31 Å². The lowest BCUT2D eigenvalue weighted by Gasteiger charge is -2.32. The SMILES string of the molecule is Cc1ncc2c(cc(SN3CCCCC3)n2SI)c1B1OC(C)(C)C(C)(C)O1. The summed E-state index contributed by atoms with van der Waals surface area (Å²) in [5, 5.41) is 2.41. The third-order valence-corrected chi connectivity index (χ3v) is 9.06. The molecule has 5 nitrogen and oxygen atoms in total. The van der Waals surface area contributed by atoms with Gasteiger partial charge in [0.05, 0.1) is 22.9 Å². The van der Waals surface area contributed by atoms with Crippen LogP contribution in [0.2, 0.25) is 0 Å². The monoisotopic (exact) mass is 531 g/mol. The quantitative estimate of drug-likeness (QED) is 0.315. The predicted molar refractivity (Wildman–Crippen MR) is 128 cm³/mol. The summed E-state index contributed by atoms with van der Waals surface area (Å²) in [6.07, 6.45) is 5.89. The van der Waals surface area contributed by atoms with Crippen molar-refractivity contribution >= 4 is 65.8 Å². The molecule has 0 spiro atoms. The molecular weight excluding hydrogens is 504 g/mol. The van der Waals surface area contributed by atoms with Crippen molar-refractivity contribution in [1.82, 2.24) is 13.3 Å². The number of aromatic nitrogens is 2. The molecule has 2 aliphatic heterocycles. The van der Waals surface area contributed by atoms with E-state index in [1.165, 1.54) is 29.7 Å². The van der Waals surface area contributed by atoms with Gasteiger partial charge in [-0.2, -0.15) is 0 Å². The van der Waals surface area contributed by atoms with Gasteiger partial charge in [-0.1, -0.05) is 6.42 Å². The summed E-state index contributed by atoms with van der Waals surface area (Å²) in [6.45, 7) is 12.7. The molecule has 2 aromatic rings. The molecule has 2 fully saturated rings.